The molecule has 0 N–H and O–H groups in total. The standard InChI is InChI=1S/C23H26N2O3/c1-4-17-9-11-18(12-10-17)15-25(13-14-28-3)23(27)20-16-24(2)21-8-6-5-7-19(21)22(20)26/h5-12,16H,4,13-15H2,1-3H3. The summed E-state index contributed by atoms with van der Waals surface area (Å²) >= 11 is 0. The Kier molecular flexibility index (Phi) is 6.26. The first-order valence-corrected chi connectivity index (χ1v) is 9.49. The summed E-state index contributed by atoms with van der Waals surface area (Å²) in [5.74, 6) is -0.275. The lowest BCUT2D eigenvalue weighted by molar-refractivity contribution is 0.0678. The van der Waals surface area contributed by atoms with Crippen LogP contribution in [0.4, 0.5) is 0 Å². The maximum absolute atomic E-state index is 13.3. The molecule has 0 aliphatic carbocycles. The second-order valence-electron chi connectivity index (χ2n) is 6.89. The van der Waals surface area contributed by atoms with E-state index >= 15 is 0 Å². The number of hydrogen-bond donors (Lipinski definition) is 0. The predicted octanol–water partition coefficient (Wildman–Crippen LogP) is 3.39. The molecule has 28 heavy (non-hydrogen) atoms. The normalized spacial score (nSPS) is 11.0. The van der Waals surface area contributed by atoms with E-state index in [0.717, 1.165) is 17.5 Å². The highest BCUT2D eigenvalue weighted by Gasteiger charge is 2.21. The molecule has 2 aromatic carbocycles. The summed E-state index contributed by atoms with van der Waals surface area (Å²) in [6.45, 7) is 3.37. The van der Waals surface area contributed by atoms with Crippen molar-refractivity contribution < 1.29 is 9.53 Å². The summed E-state index contributed by atoms with van der Waals surface area (Å²) in [7, 11) is 3.45. The van der Waals surface area contributed by atoms with Crippen molar-refractivity contribution in [3.8, 4) is 0 Å². The number of benzene rings is 2. The van der Waals surface area contributed by atoms with Gasteiger partial charge in [0.15, 0.2) is 0 Å². The van der Waals surface area contributed by atoms with E-state index in [2.05, 4.69) is 19.1 Å². The number of methoxy groups -OCH3 is 1. The zero-order valence-electron chi connectivity index (χ0n) is 16.6. The van der Waals surface area contributed by atoms with Gasteiger partial charge >= 0.3 is 0 Å². The van der Waals surface area contributed by atoms with E-state index in [1.165, 1.54) is 5.56 Å². The molecule has 0 unspecified atom stereocenters. The van der Waals surface area contributed by atoms with E-state index in [-0.39, 0.29) is 16.9 Å². The van der Waals surface area contributed by atoms with Crippen molar-refractivity contribution in [3.05, 3.63) is 81.6 Å². The van der Waals surface area contributed by atoms with E-state index in [0.29, 0.717) is 25.1 Å². The van der Waals surface area contributed by atoms with Crippen molar-refractivity contribution in [1.29, 1.82) is 0 Å². The molecule has 0 bridgehead atoms. The Bertz CT molecular complexity index is 1020. The Hall–Kier alpha value is -2.92. The minimum Gasteiger partial charge on any atom is -0.383 e. The quantitative estimate of drug-likeness (QED) is 0.633. The van der Waals surface area contributed by atoms with Crippen molar-refractivity contribution in [2.24, 2.45) is 7.05 Å². The number of amides is 1. The Labute approximate surface area is 165 Å². The van der Waals surface area contributed by atoms with Gasteiger partial charge in [-0.2, -0.15) is 0 Å². The molecule has 1 amide bonds. The molecule has 0 aliphatic rings. The summed E-state index contributed by atoms with van der Waals surface area (Å²) < 4.78 is 7.01. The lowest BCUT2D eigenvalue weighted by Gasteiger charge is -2.23. The van der Waals surface area contributed by atoms with Gasteiger partial charge in [-0.05, 0) is 29.7 Å². The van der Waals surface area contributed by atoms with Crippen LogP contribution < -0.4 is 5.43 Å². The topological polar surface area (TPSA) is 51.5 Å². The number of para-hydroxylation sites is 1. The second kappa shape index (κ2) is 8.85. The average Bonchev–Trinajstić information content (AvgIpc) is 2.73. The van der Waals surface area contributed by atoms with Gasteiger partial charge in [-0.25, -0.2) is 0 Å². The van der Waals surface area contributed by atoms with Crippen molar-refractivity contribution in [1.82, 2.24) is 9.47 Å². The number of carbonyl (C=O) groups excluding carboxylic acids is 1. The van der Waals surface area contributed by atoms with Crippen LogP contribution in [0.5, 0.6) is 0 Å². The Balaban J connectivity index is 1.95. The minimum absolute atomic E-state index is 0.183. The van der Waals surface area contributed by atoms with E-state index in [1.807, 2.05) is 41.9 Å². The van der Waals surface area contributed by atoms with Crippen molar-refractivity contribution in [2.75, 3.05) is 20.3 Å². The van der Waals surface area contributed by atoms with Gasteiger partial charge in [-0.15, -0.1) is 0 Å². The third kappa shape index (κ3) is 4.15. The van der Waals surface area contributed by atoms with Crippen LogP contribution in [0.15, 0.2) is 59.5 Å². The van der Waals surface area contributed by atoms with Crippen LogP contribution in [-0.4, -0.2) is 35.6 Å². The Morgan fingerprint density at radius 3 is 2.43 bits per heavy atom. The summed E-state index contributed by atoms with van der Waals surface area (Å²) in [5.41, 5.74) is 3.04. The third-order valence-electron chi connectivity index (χ3n) is 4.98. The van der Waals surface area contributed by atoms with Crippen LogP contribution in [0.3, 0.4) is 0 Å². The summed E-state index contributed by atoms with van der Waals surface area (Å²) in [6, 6.07) is 15.5. The van der Waals surface area contributed by atoms with Gasteiger partial charge < -0.3 is 14.2 Å². The fraction of sp³-hybridized carbons (Fsp3) is 0.304. The molecule has 146 valence electrons. The number of pyridine rings is 1. The lowest BCUT2D eigenvalue weighted by Crippen LogP contribution is -2.36. The van der Waals surface area contributed by atoms with Gasteiger partial charge in [0.1, 0.15) is 5.56 Å². The van der Waals surface area contributed by atoms with E-state index in [4.69, 9.17) is 4.74 Å². The largest absolute Gasteiger partial charge is 0.383 e. The number of aromatic nitrogens is 1. The molecule has 0 spiro atoms. The first-order valence-electron chi connectivity index (χ1n) is 9.49. The highest BCUT2D eigenvalue weighted by atomic mass is 16.5. The molecule has 1 aromatic heterocycles. The fourth-order valence-electron chi connectivity index (χ4n) is 3.32. The van der Waals surface area contributed by atoms with Crippen LogP contribution in [0.2, 0.25) is 0 Å². The predicted molar refractivity (Wildman–Crippen MR) is 112 cm³/mol. The van der Waals surface area contributed by atoms with E-state index < -0.39 is 0 Å². The van der Waals surface area contributed by atoms with Gasteiger partial charge in [0, 0.05) is 38.8 Å². The van der Waals surface area contributed by atoms with Gasteiger partial charge in [0.2, 0.25) is 5.43 Å². The second-order valence-corrected chi connectivity index (χ2v) is 6.89. The molecular formula is C23H26N2O3. The Morgan fingerprint density at radius 1 is 1.07 bits per heavy atom. The summed E-state index contributed by atoms with van der Waals surface area (Å²) in [4.78, 5) is 27.9. The van der Waals surface area contributed by atoms with Gasteiger partial charge in [0.25, 0.3) is 5.91 Å². The molecule has 1 heterocycles. The number of nitrogens with zero attached hydrogens (tertiary/aromatic N) is 2. The number of rotatable bonds is 7. The minimum atomic E-state index is -0.275. The monoisotopic (exact) mass is 378 g/mol. The average molecular weight is 378 g/mol. The zero-order chi connectivity index (χ0) is 20.1. The molecule has 0 radical (unpaired) electrons. The number of ether oxygens (including phenoxy) is 1. The smallest absolute Gasteiger partial charge is 0.259 e. The first-order chi connectivity index (χ1) is 13.5. The molecule has 0 fully saturated rings. The van der Waals surface area contributed by atoms with Crippen molar-refractivity contribution in [3.63, 3.8) is 0 Å². The zero-order valence-corrected chi connectivity index (χ0v) is 16.6. The number of fused-ring (bicyclic) bond motifs is 1. The first kappa shape index (κ1) is 19.8. The van der Waals surface area contributed by atoms with Crippen LogP contribution in [0.25, 0.3) is 10.9 Å². The maximum Gasteiger partial charge on any atom is 0.259 e. The molecule has 5 nitrogen and oxygen atoms in total. The molecule has 0 atom stereocenters. The molecular weight excluding hydrogens is 352 g/mol. The molecule has 0 saturated carbocycles. The highest BCUT2D eigenvalue weighted by Crippen LogP contribution is 2.14. The molecule has 0 aliphatic heterocycles. The third-order valence-corrected chi connectivity index (χ3v) is 4.98. The highest BCUT2D eigenvalue weighted by molar-refractivity contribution is 5.97. The molecule has 3 aromatic rings. The number of carbonyl (C=O) groups is 1. The van der Waals surface area contributed by atoms with Crippen LogP contribution in [0, 0.1) is 0 Å². The Morgan fingerprint density at radius 2 is 1.75 bits per heavy atom. The van der Waals surface area contributed by atoms with Crippen molar-refractivity contribution >= 4 is 16.8 Å². The molecule has 0 saturated heterocycles. The molecule has 3 rings (SSSR count). The SMILES string of the molecule is CCc1ccc(CN(CCOC)C(=O)c2cn(C)c3ccccc3c2=O)cc1. The van der Waals surface area contributed by atoms with Crippen LogP contribution in [0.1, 0.15) is 28.4 Å². The van der Waals surface area contributed by atoms with E-state index in [9.17, 15) is 9.59 Å². The van der Waals surface area contributed by atoms with Gasteiger partial charge in [0.05, 0.1) is 12.1 Å². The maximum atomic E-state index is 13.3. The van der Waals surface area contributed by atoms with Crippen LogP contribution in [-0.2, 0) is 24.8 Å². The molecule has 5 heteroatoms. The van der Waals surface area contributed by atoms with Crippen LogP contribution >= 0.6 is 0 Å². The van der Waals surface area contributed by atoms with Gasteiger partial charge in [-0.3, -0.25) is 9.59 Å². The summed E-state index contributed by atoms with van der Waals surface area (Å²) in [6.07, 6.45) is 2.60. The van der Waals surface area contributed by atoms with Gasteiger partial charge in [-0.1, -0.05) is 43.3 Å². The fourth-order valence-corrected chi connectivity index (χ4v) is 3.32. The lowest BCUT2D eigenvalue weighted by atomic mass is 10.1. The number of hydrogen-bond acceptors (Lipinski definition) is 3. The van der Waals surface area contributed by atoms with E-state index in [1.54, 1.807) is 24.3 Å². The summed E-state index contributed by atoms with van der Waals surface area (Å²) in [5, 5.41) is 0.551. The number of aryl methyl sites for hydroxylation is 2. The van der Waals surface area contributed by atoms with Crippen molar-refractivity contribution in [2.45, 2.75) is 19.9 Å².